The topological polar surface area (TPSA) is 32.3 Å². The van der Waals surface area contributed by atoms with Crippen LogP contribution in [0, 0.1) is 0 Å². The molecular weight excluding hydrogens is 319 g/mol. The SMILES string of the molecule is CC1CN(c2cc(Cl)nnc2Cl)CCN1Cc1ccccc1. The van der Waals surface area contributed by atoms with E-state index in [0.717, 1.165) is 31.9 Å². The summed E-state index contributed by atoms with van der Waals surface area (Å²) in [5.41, 5.74) is 2.21. The number of aromatic nitrogens is 2. The van der Waals surface area contributed by atoms with E-state index in [1.807, 2.05) is 6.07 Å². The van der Waals surface area contributed by atoms with Gasteiger partial charge in [-0.05, 0) is 12.5 Å². The van der Waals surface area contributed by atoms with Crippen LogP contribution in [0.3, 0.4) is 0 Å². The first-order valence-corrected chi connectivity index (χ1v) is 8.11. The lowest BCUT2D eigenvalue weighted by Crippen LogP contribution is -2.51. The van der Waals surface area contributed by atoms with Crippen molar-refractivity contribution >= 4 is 28.9 Å². The highest BCUT2D eigenvalue weighted by atomic mass is 35.5. The van der Waals surface area contributed by atoms with Gasteiger partial charge in [0.1, 0.15) is 0 Å². The molecule has 0 spiro atoms. The highest BCUT2D eigenvalue weighted by Gasteiger charge is 2.25. The molecule has 0 N–H and O–H groups in total. The Morgan fingerprint density at radius 2 is 1.91 bits per heavy atom. The molecule has 0 amide bonds. The molecule has 0 radical (unpaired) electrons. The Bertz CT molecular complexity index is 635. The third-order valence-corrected chi connectivity index (χ3v) is 4.49. The van der Waals surface area contributed by atoms with Gasteiger partial charge in [-0.2, -0.15) is 0 Å². The van der Waals surface area contributed by atoms with Crippen molar-refractivity contribution < 1.29 is 0 Å². The lowest BCUT2D eigenvalue weighted by Gasteiger charge is -2.41. The number of nitrogens with zero attached hydrogens (tertiary/aromatic N) is 4. The molecule has 1 aromatic carbocycles. The molecule has 0 aliphatic carbocycles. The summed E-state index contributed by atoms with van der Waals surface area (Å²) in [5.74, 6) is 0. The average Bonchev–Trinajstić information content (AvgIpc) is 2.53. The van der Waals surface area contributed by atoms with Crippen LogP contribution < -0.4 is 4.90 Å². The van der Waals surface area contributed by atoms with Gasteiger partial charge in [0, 0.05) is 38.3 Å². The Kier molecular flexibility index (Phi) is 4.81. The first kappa shape index (κ1) is 15.5. The summed E-state index contributed by atoms with van der Waals surface area (Å²) in [6, 6.07) is 12.8. The van der Waals surface area contributed by atoms with Gasteiger partial charge in [0.25, 0.3) is 0 Å². The van der Waals surface area contributed by atoms with Crippen LogP contribution in [0.5, 0.6) is 0 Å². The van der Waals surface area contributed by atoms with Gasteiger partial charge < -0.3 is 4.90 Å². The van der Waals surface area contributed by atoms with Gasteiger partial charge in [0.2, 0.25) is 0 Å². The molecule has 1 aliphatic rings. The monoisotopic (exact) mass is 336 g/mol. The van der Waals surface area contributed by atoms with E-state index in [1.165, 1.54) is 5.56 Å². The van der Waals surface area contributed by atoms with E-state index in [0.29, 0.717) is 16.3 Å². The maximum atomic E-state index is 6.16. The number of anilines is 1. The van der Waals surface area contributed by atoms with Crippen molar-refractivity contribution in [2.24, 2.45) is 0 Å². The van der Waals surface area contributed by atoms with Crippen molar-refractivity contribution in [1.82, 2.24) is 15.1 Å². The molecule has 0 saturated carbocycles. The van der Waals surface area contributed by atoms with Crippen molar-refractivity contribution in [3.05, 3.63) is 52.3 Å². The Morgan fingerprint density at radius 1 is 1.14 bits per heavy atom. The van der Waals surface area contributed by atoms with E-state index in [9.17, 15) is 0 Å². The molecule has 2 aromatic rings. The van der Waals surface area contributed by atoms with Crippen molar-refractivity contribution in [2.75, 3.05) is 24.5 Å². The predicted molar refractivity (Wildman–Crippen MR) is 90.6 cm³/mol. The Balaban J connectivity index is 1.68. The number of halogens is 2. The van der Waals surface area contributed by atoms with Crippen LogP contribution in [0.15, 0.2) is 36.4 Å². The first-order valence-electron chi connectivity index (χ1n) is 7.35. The normalized spacial score (nSPS) is 19.4. The minimum absolute atomic E-state index is 0.374. The zero-order chi connectivity index (χ0) is 15.5. The Morgan fingerprint density at radius 3 is 2.64 bits per heavy atom. The van der Waals surface area contributed by atoms with Crippen molar-refractivity contribution in [1.29, 1.82) is 0 Å². The molecule has 1 saturated heterocycles. The standard InChI is InChI=1S/C16H18Cl2N4/c1-12-10-22(14-9-15(17)19-20-16(14)18)8-7-21(12)11-13-5-3-2-4-6-13/h2-6,9,12H,7-8,10-11H2,1H3. The molecule has 1 atom stereocenters. The van der Waals surface area contributed by atoms with E-state index >= 15 is 0 Å². The van der Waals surface area contributed by atoms with E-state index in [2.05, 4.69) is 51.2 Å². The second-order valence-corrected chi connectivity index (χ2v) is 6.34. The van der Waals surface area contributed by atoms with E-state index in [4.69, 9.17) is 23.2 Å². The van der Waals surface area contributed by atoms with Crippen LogP contribution in [0.25, 0.3) is 0 Å². The summed E-state index contributed by atoms with van der Waals surface area (Å²) >= 11 is 12.1. The highest BCUT2D eigenvalue weighted by molar-refractivity contribution is 6.33. The van der Waals surface area contributed by atoms with Gasteiger partial charge in [-0.25, -0.2) is 0 Å². The Labute approximate surface area is 140 Å². The van der Waals surface area contributed by atoms with E-state index < -0.39 is 0 Å². The van der Waals surface area contributed by atoms with Crippen LogP contribution in [-0.2, 0) is 6.54 Å². The fourth-order valence-corrected chi connectivity index (χ4v) is 3.19. The fourth-order valence-electron chi connectivity index (χ4n) is 2.83. The van der Waals surface area contributed by atoms with Gasteiger partial charge in [-0.15, -0.1) is 10.2 Å². The third kappa shape index (κ3) is 3.51. The lowest BCUT2D eigenvalue weighted by atomic mass is 10.1. The third-order valence-electron chi connectivity index (χ3n) is 4.03. The van der Waals surface area contributed by atoms with E-state index in [-0.39, 0.29) is 0 Å². The lowest BCUT2D eigenvalue weighted by molar-refractivity contribution is 0.181. The second-order valence-electron chi connectivity index (χ2n) is 5.59. The summed E-state index contributed by atoms with van der Waals surface area (Å²) in [6.45, 7) is 5.98. The maximum Gasteiger partial charge on any atom is 0.175 e. The predicted octanol–water partition coefficient (Wildman–Crippen LogP) is 3.49. The number of rotatable bonds is 3. The van der Waals surface area contributed by atoms with Gasteiger partial charge >= 0.3 is 0 Å². The van der Waals surface area contributed by atoms with Crippen LogP contribution in [-0.4, -0.2) is 40.8 Å². The van der Waals surface area contributed by atoms with Gasteiger partial charge in [0.05, 0.1) is 5.69 Å². The molecule has 1 aromatic heterocycles. The minimum Gasteiger partial charge on any atom is -0.366 e. The molecule has 1 aliphatic heterocycles. The summed E-state index contributed by atoms with van der Waals surface area (Å²) in [4.78, 5) is 4.71. The molecule has 0 bridgehead atoms. The first-order chi connectivity index (χ1) is 10.6. The van der Waals surface area contributed by atoms with Crippen LogP contribution >= 0.6 is 23.2 Å². The van der Waals surface area contributed by atoms with Gasteiger partial charge in [0.15, 0.2) is 10.3 Å². The van der Waals surface area contributed by atoms with Crippen molar-refractivity contribution in [3.63, 3.8) is 0 Å². The zero-order valence-corrected chi connectivity index (χ0v) is 13.9. The van der Waals surface area contributed by atoms with Crippen LogP contribution in [0.4, 0.5) is 5.69 Å². The van der Waals surface area contributed by atoms with Crippen LogP contribution in [0.2, 0.25) is 10.3 Å². The second kappa shape index (κ2) is 6.82. The summed E-state index contributed by atoms with van der Waals surface area (Å²) in [5, 5.41) is 8.45. The smallest absolute Gasteiger partial charge is 0.175 e. The molecular formula is C16H18Cl2N4. The van der Waals surface area contributed by atoms with Crippen LogP contribution in [0.1, 0.15) is 12.5 Å². The highest BCUT2D eigenvalue weighted by Crippen LogP contribution is 2.27. The fraction of sp³-hybridized carbons (Fsp3) is 0.375. The molecule has 1 fully saturated rings. The van der Waals surface area contributed by atoms with Crippen molar-refractivity contribution in [3.8, 4) is 0 Å². The van der Waals surface area contributed by atoms with Crippen molar-refractivity contribution in [2.45, 2.75) is 19.5 Å². The Hall–Kier alpha value is -1.36. The van der Waals surface area contributed by atoms with E-state index in [1.54, 1.807) is 6.07 Å². The quantitative estimate of drug-likeness (QED) is 0.858. The molecule has 6 heteroatoms. The number of benzene rings is 1. The molecule has 22 heavy (non-hydrogen) atoms. The molecule has 2 heterocycles. The molecule has 3 rings (SSSR count). The molecule has 4 nitrogen and oxygen atoms in total. The molecule has 116 valence electrons. The number of piperazine rings is 1. The number of hydrogen-bond acceptors (Lipinski definition) is 4. The summed E-state index contributed by atoms with van der Waals surface area (Å²) in [7, 11) is 0. The zero-order valence-electron chi connectivity index (χ0n) is 12.4. The summed E-state index contributed by atoms with van der Waals surface area (Å²) < 4.78 is 0. The summed E-state index contributed by atoms with van der Waals surface area (Å²) in [6.07, 6.45) is 0. The maximum absolute atomic E-state index is 6.16. The average molecular weight is 337 g/mol. The minimum atomic E-state index is 0.374. The van der Waals surface area contributed by atoms with Gasteiger partial charge in [-0.1, -0.05) is 53.5 Å². The number of hydrogen-bond donors (Lipinski definition) is 0. The molecule has 1 unspecified atom stereocenters. The van der Waals surface area contributed by atoms with Gasteiger partial charge in [-0.3, -0.25) is 4.90 Å². The largest absolute Gasteiger partial charge is 0.366 e.